The minimum atomic E-state index is 0.0412. The first-order chi connectivity index (χ1) is 6.69. The Morgan fingerprint density at radius 1 is 1.50 bits per heavy atom. The minimum absolute atomic E-state index is 0.0412. The quantitative estimate of drug-likeness (QED) is 0.704. The average molecular weight is 212 g/mol. The fraction of sp³-hybridized carbons (Fsp3) is 0.364. The lowest BCUT2D eigenvalue weighted by Gasteiger charge is -2.14. The van der Waals surface area contributed by atoms with E-state index in [2.05, 4.69) is 0 Å². The van der Waals surface area contributed by atoms with Crippen LogP contribution in [0.3, 0.4) is 0 Å². The van der Waals surface area contributed by atoms with Crippen LogP contribution < -0.4 is 0 Å². The van der Waals surface area contributed by atoms with Crippen LogP contribution in [0.5, 0.6) is 0 Å². The molecule has 0 saturated heterocycles. The third kappa shape index (κ3) is 2.48. The van der Waals surface area contributed by atoms with Crippen molar-refractivity contribution in [3.05, 3.63) is 35.4 Å². The maximum atomic E-state index is 11.7. The van der Waals surface area contributed by atoms with Crippen LogP contribution in [0.1, 0.15) is 22.8 Å². The van der Waals surface area contributed by atoms with Gasteiger partial charge in [-0.05, 0) is 24.6 Å². The Labute approximate surface area is 89.5 Å². The number of alkyl halides is 1. The number of carbonyl (C=O) groups excluding carboxylic acids is 1. The number of halogens is 1. The Balaban J connectivity index is 2.90. The van der Waals surface area contributed by atoms with Crippen molar-refractivity contribution in [1.82, 2.24) is 4.90 Å². The van der Waals surface area contributed by atoms with Crippen LogP contribution in [-0.4, -0.2) is 24.4 Å². The number of hydrogen-bond acceptors (Lipinski definition) is 1. The third-order valence-corrected chi connectivity index (χ3v) is 2.46. The Morgan fingerprint density at radius 2 is 2.21 bits per heavy atom. The van der Waals surface area contributed by atoms with E-state index >= 15 is 0 Å². The van der Waals surface area contributed by atoms with Crippen molar-refractivity contribution in [3.8, 4) is 0 Å². The van der Waals surface area contributed by atoms with Gasteiger partial charge in [-0.2, -0.15) is 0 Å². The van der Waals surface area contributed by atoms with Crippen LogP contribution in [0.15, 0.2) is 24.3 Å². The molecule has 0 spiro atoms. The van der Waals surface area contributed by atoms with E-state index in [9.17, 15) is 4.79 Å². The zero-order valence-electron chi connectivity index (χ0n) is 8.46. The van der Waals surface area contributed by atoms with Crippen molar-refractivity contribution >= 4 is 17.5 Å². The van der Waals surface area contributed by atoms with Crippen molar-refractivity contribution in [2.45, 2.75) is 12.8 Å². The highest BCUT2D eigenvalue weighted by molar-refractivity contribution is 6.17. The summed E-state index contributed by atoms with van der Waals surface area (Å²) < 4.78 is 0. The van der Waals surface area contributed by atoms with Gasteiger partial charge in [-0.15, -0.1) is 11.6 Å². The van der Waals surface area contributed by atoms with Gasteiger partial charge in [0, 0.05) is 25.0 Å². The van der Waals surface area contributed by atoms with Crippen LogP contribution in [0.2, 0.25) is 0 Å². The molecule has 0 aliphatic heterocycles. The summed E-state index contributed by atoms with van der Waals surface area (Å²) in [5, 5.41) is 0. The number of benzene rings is 1. The molecule has 0 heterocycles. The SMILES string of the molecule is CCN(C)C(=O)c1cccc(CCl)c1. The number of amides is 1. The number of carbonyl (C=O) groups is 1. The molecule has 0 N–H and O–H groups in total. The van der Waals surface area contributed by atoms with Gasteiger partial charge in [-0.3, -0.25) is 4.79 Å². The first-order valence-corrected chi connectivity index (χ1v) is 5.12. The standard InChI is InChI=1S/C11H14ClNO/c1-3-13(2)11(14)10-6-4-5-9(7-10)8-12/h4-7H,3,8H2,1-2H3. The Bertz CT molecular complexity index is 325. The molecule has 1 rings (SSSR count). The molecule has 0 fully saturated rings. The zero-order valence-corrected chi connectivity index (χ0v) is 9.21. The molecule has 0 aliphatic carbocycles. The molecule has 1 aromatic rings. The van der Waals surface area contributed by atoms with Gasteiger partial charge < -0.3 is 4.90 Å². The lowest BCUT2D eigenvalue weighted by molar-refractivity contribution is 0.0802. The van der Waals surface area contributed by atoms with Crippen molar-refractivity contribution in [2.24, 2.45) is 0 Å². The maximum absolute atomic E-state index is 11.7. The molecule has 76 valence electrons. The average Bonchev–Trinajstić information content (AvgIpc) is 2.27. The molecule has 0 saturated carbocycles. The molecular weight excluding hydrogens is 198 g/mol. The molecule has 2 nitrogen and oxygen atoms in total. The molecule has 1 aromatic carbocycles. The van der Waals surface area contributed by atoms with Gasteiger partial charge in [0.2, 0.25) is 0 Å². The normalized spacial score (nSPS) is 9.93. The van der Waals surface area contributed by atoms with Gasteiger partial charge in [0.05, 0.1) is 0 Å². The number of hydrogen-bond donors (Lipinski definition) is 0. The Hall–Kier alpha value is -1.02. The predicted molar refractivity (Wildman–Crippen MR) is 58.6 cm³/mol. The van der Waals surface area contributed by atoms with Crippen molar-refractivity contribution in [1.29, 1.82) is 0 Å². The molecule has 0 atom stereocenters. The third-order valence-electron chi connectivity index (χ3n) is 2.15. The highest BCUT2D eigenvalue weighted by Crippen LogP contribution is 2.09. The molecule has 0 radical (unpaired) electrons. The highest BCUT2D eigenvalue weighted by Gasteiger charge is 2.09. The van der Waals surface area contributed by atoms with E-state index in [0.717, 1.165) is 5.56 Å². The molecule has 0 unspecified atom stereocenters. The predicted octanol–water partition coefficient (Wildman–Crippen LogP) is 2.52. The Kier molecular flexibility index (Phi) is 3.96. The van der Waals surface area contributed by atoms with E-state index in [0.29, 0.717) is 18.0 Å². The summed E-state index contributed by atoms with van der Waals surface area (Å²) >= 11 is 5.69. The van der Waals surface area contributed by atoms with Gasteiger partial charge in [0.15, 0.2) is 0 Å². The highest BCUT2D eigenvalue weighted by atomic mass is 35.5. The lowest BCUT2D eigenvalue weighted by Crippen LogP contribution is -2.26. The van der Waals surface area contributed by atoms with E-state index in [1.54, 1.807) is 11.9 Å². The number of nitrogens with zero attached hydrogens (tertiary/aromatic N) is 1. The van der Waals surface area contributed by atoms with Crippen LogP contribution >= 0.6 is 11.6 Å². The smallest absolute Gasteiger partial charge is 0.253 e. The van der Waals surface area contributed by atoms with Crippen molar-refractivity contribution in [3.63, 3.8) is 0 Å². The van der Waals surface area contributed by atoms with Gasteiger partial charge >= 0.3 is 0 Å². The monoisotopic (exact) mass is 211 g/mol. The van der Waals surface area contributed by atoms with Crippen LogP contribution in [0.4, 0.5) is 0 Å². The fourth-order valence-corrected chi connectivity index (χ4v) is 1.32. The fourth-order valence-electron chi connectivity index (χ4n) is 1.15. The second-order valence-electron chi connectivity index (χ2n) is 3.15. The molecular formula is C11H14ClNO. The topological polar surface area (TPSA) is 20.3 Å². The minimum Gasteiger partial charge on any atom is -0.342 e. The van der Waals surface area contributed by atoms with Crippen molar-refractivity contribution in [2.75, 3.05) is 13.6 Å². The molecule has 3 heteroatoms. The van der Waals surface area contributed by atoms with E-state index in [4.69, 9.17) is 11.6 Å². The second-order valence-corrected chi connectivity index (χ2v) is 3.42. The maximum Gasteiger partial charge on any atom is 0.253 e. The van der Waals surface area contributed by atoms with Crippen molar-refractivity contribution < 1.29 is 4.79 Å². The second kappa shape index (κ2) is 5.01. The van der Waals surface area contributed by atoms with Gasteiger partial charge in [-0.25, -0.2) is 0 Å². The van der Waals surface area contributed by atoms with E-state index < -0.39 is 0 Å². The Morgan fingerprint density at radius 3 is 2.79 bits per heavy atom. The van der Waals surface area contributed by atoms with Gasteiger partial charge in [-0.1, -0.05) is 12.1 Å². The zero-order chi connectivity index (χ0) is 10.6. The summed E-state index contributed by atoms with van der Waals surface area (Å²) in [6, 6.07) is 7.41. The lowest BCUT2D eigenvalue weighted by atomic mass is 10.1. The van der Waals surface area contributed by atoms with Crippen LogP contribution in [0, 0.1) is 0 Å². The molecule has 0 bridgehead atoms. The first-order valence-electron chi connectivity index (χ1n) is 4.59. The largest absolute Gasteiger partial charge is 0.342 e. The summed E-state index contributed by atoms with van der Waals surface area (Å²) in [7, 11) is 1.79. The number of rotatable bonds is 3. The molecule has 14 heavy (non-hydrogen) atoms. The van der Waals surface area contributed by atoms with Crippen LogP contribution in [0.25, 0.3) is 0 Å². The summed E-state index contributed by atoms with van der Waals surface area (Å²) in [5.74, 6) is 0.483. The summed E-state index contributed by atoms with van der Waals surface area (Å²) in [5.41, 5.74) is 1.68. The van der Waals surface area contributed by atoms with E-state index in [-0.39, 0.29) is 5.91 Å². The summed E-state index contributed by atoms with van der Waals surface area (Å²) in [4.78, 5) is 13.4. The van der Waals surface area contributed by atoms with Gasteiger partial charge in [0.1, 0.15) is 0 Å². The van der Waals surface area contributed by atoms with E-state index in [1.807, 2.05) is 31.2 Å². The summed E-state index contributed by atoms with van der Waals surface area (Å²) in [6.45, 7) is 2.66. The van der Waals surface area contributed by atoms with Crippen LogP contribution in [-0.2, 0) is 5.88 Å². The first kappa shape index (κ1) is 11.1. The molecule has 0 aliphatic rings. The van der Waals surface area contributed by atoms with E-state index in [1.165, 1.54) is 0 Å². The molecule has 1 amide bonds. The molecule has 0 aromatic heterocycles. The summed E-state index contributed by atoms with van der Waals surface area (Å²) in [6.07, 6.45) is 0. The van der Waals surface area contributed by atoms with Gasteiger partial charge in [0.25, 0.3) is 5.91 Å².